The van der Waals surface area contributed by atoms with Gasteiger partial charge in [-0.15, -0.1) is 0 Å². The van der Waals surface area contributed by atoms with Gasteiger partial charge in [-0.05, 0) is 32.0 Å². The monoisotopic (exact) mass is 331 g/mol. The first kappa shape index (κ1) is 17.8. The zero-order valence-corrected chi connectivity index (χ0v) is 13.4. The van der Waals surface area contributed by atoms with E-state index in [1.165, 1.54) is 4.90 Å². The molecule has 3 N–H and O–H groups in total. The van der Waals surface area contributed by atoms with Crippen LogP contribution in [0.25, 0.3) is 0 Å². The van der Waals surface area contributed by atoms with Crippen molar-refractivity contribution in [3.8, 4) is 0 Å². The van der Waals surface area contributed by atoms with Gasteiger partial charge in [0, 0.05) is 13.0 Å². The molecule has 7 heteroatoms. The summed E-state index contributed by atoms with van der Waals surface area (Å²) in [7, 11) is 0. The predicted octanol–water partition coefficient (Wildman–Crippen LogP) is 2.52. The van der Waals surface area contributed by atoms with Crippen molar-refractivity contribution >= 4 is 40.7 Å². The molecule has 1 rings (SSSR count). The summed E-state index contributed by atoms with van der Waals surface area (Å²) >= 11 is 12.0. The Labute approximate surface area is 134 Å². The number of nitrogens with one attached hydrogen (secondary N) is 1. The van der Waals surface area contributed by atoms with E-state index in [0.29, 0.717) is 41.7 Å². The summed E-state index contributed by atoms with van der Waals surface area (Å²) in [6, 6.07) is 4.95. The molecule has 5 nitrogen and oxygen atoms in total. The number of nitrogens with zero attached hydrogens (tertiary/aromatic N) is 1. The maximum Gasteiger partial charge on any atom is 0.244 e. The minimum atomic E-state index is -0.340. The zero-order valence-electron chi connectivity index (χ0n) is 11.9. The largest absolute Gasteiger partial charge is 0.334 e. The summed E-state index contributed by atoms with van der Waals surface area (Å²) in [5, 5.41) is 3.34. The van der Waals surface area contributed by atoms with Crippen molar-refractivity contribution in [2.75, 3.05) is 25.0 Å². The molecule has 0 atom stereocenters. The highest BCUT2D eigenvalue weighted by Crippen LogP contribution is 2.29. The maximum absolute atomic E-state index is 12.0. The molecule has 0 aliphatic heterocycles. The summed E-state index contributed by atoms with van der Waals surface area (Å²) in [6.07, 6.45) is 0.942. The summed E-state index contributed by atoms with van der Waals surface area (Å²) in [5.74, 6) is -0.434. The first-order valence-electron chi connectivity index (χ1n) is 6.71. The Morgan fingerprint density at radius 1 is 1.29 bits per heavy atom. The molecule has 0 unspecified atom stereocenters. The van der Waals surface area contributed by atoms with Crippen LogP contribution in [0.1, 0.15) is 19.8 Å². The summed E-state index contributed by atoms with van der Waals surface area (Å²) in [4.78, 5) is 25.4. The SMILES string of the molecule is CCN(CC(=O)Nc1c(Cl)cccc1Cl)C(=O)CCCN. The number of carbonyl (C=O) groups excluding carboxylic acids is 2. The number of anilines is 1. The van der Waals surface area contributed by atoms with Crippen LogP contribution < -0.4 is 11.1 Å². The Bertz CT molecular complexity index is 489. The Kier molecular flexibility index (Phi) is 7.50. The highest BCUT2D eigenvalue weighted by atomic mass is 35.5. The van der Waals surface area contributed by atoms with Crippen LogP contribution >= 0.6 is 23.2 Å². The normalized spacial score (nSPS) is 10.3. The van der Waals surface area contributed by atoms with E-state index in [9.17, 15) is 9.59 Å². The van der Waals surface area contributed by atoms with E-state index >= 15 is 0 Å². The number of nitrogens with two attached hydrogens (primary N) is 1. The molecule has 0 aliphatic rings. The molecule has 2 amide bonds. The van der Waals surface area contributed by atoms with Crippen molar-refractivity contribution in [2.45, 2.75) is 19.8 Å². The van der Waals surface area contributed by atoms with Crippen LogP contribution in [-0.4, -0.2) is 36.3 Å². The summed E-state index contributed by atoms with van der Waals surface area (Å²) in [5.41, 5.74) is 5.73. The highest BCUT2D eigenvalue weighted by molar-refractivity contribution is 6.39. The molecule has 0 fully saturated rings. The Morgan fingerprint density at radius 2 is 1.90 bits per heavy atom. The minimum absolute atomic E-state index is 0.0402. The molecule has 0 radical (unpaired) electrons. The molecule has 0 heterocycles. The van der Waals surface area contributed by atoms with Crippen molar-refractivity contribution in [1.29, 1.82) is 0 Å². The van der Waals surface area contributed by atoms with Gasteiger partial charge < -0.3 is 16.0 Å². The van der Waals surface area contributed by atoms with Crippen molar-refractivity contribution in [3.63, 3.8) is 0 Å². The van der Waals surface area contributed by atoms with E-state index in [1.54, 1.807) is 18.2 Å². The van der Waals surface area contributed by atoms with Crippen LogP contribution in [0.3, 0.4) is 0 Å². The average molecular weight is 332 g/mol. The summed E-state index contributed by atoms with van der Waals surface area (Å²) < 4.78 is 0. The highest BCUT2D eigenvalue weighted by Gasteiger charge is 2.16. The molecule has 0 spiro atoms. The molecule has 0 bridgehead atoms. The molecule has 1 aromatic rings. The third kappa shape index (κ3) is 5.53. The van der Waals surface area contributed by atoms with Gasteiger partial charge in [-0.2, -0.15) is 0 Å². The maximum atomic E-state index is 12.0. The van der Waals surface area contributed by atoms with Gasteiger partial charge in [-0.25, -0.2) is 0 Å². The van der Waals surface area contributed by atoms with Crippen molar-refractivity contribution in [3.05, 3.63) is 28.2 Å². The van der Waals surface area contributed by atoms with E-state index in [-0.39, 0.29) is 18.4 Å². The van der Waals surface area contributed by atoms with Crippen LogP contribution in [0.15, 0.2) is 18.2 Å². The second-order valence-electron chi connectivity index (χ2n) is 4.44. The number of amides is 2. The third-order valence-corrected chi connectivity index (χ3v) is 3.52. The van der Waals surface area contributed by atoms with Gasteiger partial charge >= 0.3 is 0 Å². The smallest absolute Gasteiger partial charge is 0.244 e. The first-order valence-corrected chi connectivity index (χ1v) is 7.46. The second-order valence-corrected chi connectivity index (χ2v) is 5.26. The third-order valence-electron chi connectivity index (χ3n) is 2.89. The minimum Gasteiger partial charge on any atom is -0.334 e. The van der Waals surface area contributed by atoms with E-state index in [4.69, 9.17) is 28.9 Å². The molecule has 0 aliphatic carbocycles. The number of carbonyl (C=O) groups is 2. The fourth-order valence-corrected chi connectivity index (χ4v) is 2.25. The molecule has 21 heavy (non-hydrogen) atoms. The number of rotatable bonds is 7. The van der Waals surface area contributed by atoms with Crippen LogP contribution in [0.4, 0.5) is 5.69 Å². The van der Waals surface area contributed by atoms with Crippen LogP contribution in [0.5, 0.6) is 0 Å². The van der Waals surface area contributed by atoms with Gasteiger partial charge in [0.05, 0.1) is 22.3 Å². The molecule has 0 saturated heterocycles. The van der Waals surface area contributed by atoms with E-state index < -0.39 is 0 Å². The van der Waals surface area contributed by atoms with E-state index in [1.807, 2.05) is 6.92 Å². The van der Waals surface area contributed by atoms with Crippen LogP contribution in [0.2, 0.25) is 10.0 Å². The fraction of sp³-hybridized carbons (Fsp3) is 0.429. The Morgan fingerprint density at radius 3 is 2.43 bits per heavy atom. The van der Waals surface area contributed by atoms with Gasteiger partial charge in [-0.3, -0.25) is 9.59 Å². The van der Waals surface area contributed by atoms with Crippen molar-refractivity contribution in [1.82, 2.24) is 4.90 Å². The van der Waals surface area contributed by atoms with Gasteiger partial charge in [0.1, 0.15) is 0 Å². The van der Waals surface area contributed by atoms with Crippen molar-refractivity contribution in [2.24, 2.45) is 5.73 Å². The lowest BCUT2D eigenvalue weighted by atomic mass is 10.2. The zero-order chi connectivity index (χ0) is 15.8. The lowest BCUT2D eigenvalue weighted by molar-refractivity contribution is -0.134. The molecule has 116 valence electrons. The molecule has 1 aromatic carbocycles. The number of hydrogen-bond acceptors (Lipinski definition) is 3. The Hall–Kier alpha value is -1.30. The quantitative estimate of drug-likeness (QED) is 0.806. The van der Waals surface area contributed by atoms with E-state index in [0.717, 1.165) is 0 Å². The van der Waals surface area contributed by atoms with Crippen LogP contribution in [-0.2, 0) is 9.59 Å². The standard InChI is InChI=1S/C14H19Cl2N3O2/c1-2-19(13(21)7-4-8-17)9-12(20)18-14-10(15)5-3-6-11(14)16/h3,5-6H,2,4,7-9,17H2,1H3,(H,18,20). The van der Waals surface area contributed by atoms with Gasteiger partial charge in [0.2, 0.25) is 11.8 Å². The predicted molar refractivity (Wildman–Crippen MR) is 85.6 cm³/mol. The number of para-hydroxylation sites is 1. The first-order chi connectivity index (χ1) is 9.99. The molecular formula is C14H19Cl2N3O2. The number of halogens is 2. The summed E-state index contributed by atoms with van der Waals surface area (Å²) in [6.45, 7) is 2.68. The second kappa shape index (κ2) is 8.87. The molecule has 0 aromatic heterocycles. The number of likely N-dealkylation sites (N-methyl/N-ethyl adjacent to an activating group) is 1. The lowest BCUT2D eigenvalue weighted by Gasteiger charge is -2.20. The number of hydrogen-bond donors (Lipinski definition) is 2. The van der Waals surface area contributed by atoms with Crippen LogP contribution in [0, 0.1) is 0 Å². The van der Waals surface area contributed by atoms with E-state index in [2.05, 4.69) is 5.32 Å². The average Bonchev–Trinajstić information content (AvgIpc) is 2.46. The van der Waals surface area contributed by atoms with Gasteiger partial charge in [-0.1, -0.05) is 29.3 Å². The van der Waals surface area contributed by atoms with Gasteiger partial charge in [0.15, 0.2) is 0 Å². The Balaban J connectivity index is 2.65. The number of benzene rings is 1. The fourth-order valence-electron chi connectivity index (χ4n) is 1.76. The molecular weight excluding hydrogens is 313 g/mol. The molecule has 0 saturated carbocycles. The van der Waals surface area contributed by atoms with Gasteiger partial charge in [0.25, 0.3) is 0 Å². The lowest BCUT2D eigenvalue weighted by Crippen LogP contribution is -2.38. The topological polar surface area (TPSA) is 75.4 Å². The van der Waals surface area contributed by atoms with Crippen molar-refractivity contribution < 1.29 is 9.59 Å².